The minimum atomic E-state index is -7.84. The van der Waals surface area contributed by atoms with Crippen LogP contribution in [0.2, 0.25) is 0 Å². The first-order valence-electron chi connectivity index (χ1n) is 7.18. The molecule has 4 rings (SSSR count). The maximum absolute atomic E-state index is 15.0. The summed E-state index contributed by atoms with van der Waals surface area (Å²) in [6.07, 6.45) is -0.489. The summed E-state index contributed by atoms with van der Waals surface area (Å²) in [5.74, 6) is -48.6. The third-order valence-electron chi connectivity index (χ3n) is 5.69. The van der Waals surface area contributed by atoms with Crippen molar-refractivity contribution in [1.82, 2.24) is 0 Å². The number of hydrogen-bond acceptors (Lipinski definition) is 3. The topological polar surface area (TPSA) is 46.5 Å². The zero-order chi connectivity index (χ0) is 24.0. The molecule has 3 nitrogen and oxygen atoms in total. The molecule has 0 aliphatic heterocycles. The van der Waals surface area contributed by atoms with Crippen molar-refractivity contribution in [3.05, 3.63) is 12.7 Å². The molecule has 4 aliphatic carbocycles. The largest absolute Gasteiger partial charge is 0.417 e. The number of carbonyl (C=O) groups is 1. The van der Waals surface area contributed by atoms with E-state index in [1.165, 1.54) is 0 Å². The maximum Gasteiger partial charge on any atom is 0.340 e. The van der Waals surface area contributed by atoms with Gasteiger partial charge in [0.1, 0.15) is 0 Å². The van der Waals surface area contributed by atoms with Crippen LogP contribution in [-0.4, -0.2) is 69.2 Å². The maximum atomic E-state index is 15.0. The molecule has 4 fully saturated rings. The molecule has 0 aromatic heterocycles. The summed E-state index contributed by atoms with van der Waals surface area (Å²) in [5, 5.41) is 9.51. The molecule has 0 spiro atoms. The van der Waals surface area contributed by atoms with Crippen LogP contribution in [0.25, 0.3) is 0 Å². The Morgan fingerprint density at radius 3 is 1.23 bits per heavy atom. The lowest BCUT2D eigenvalue weighted by molar-refractivity contribution is -0.622. The zero-order valence-corrected chi connectivity index (χ0v) is 13.3. The average molecular weight is 474 g/mol. The quantitative estimate of drug-likeness (QED) is 0.379. The second kappa shape index (κ2) is 4.67. The van der Waals surface area contributed by atoms with Gasteiger partial charge in [-0.15, -0.1) is 0 Å². The van der Waals surface area contributed by atoms with Gasteiger partial charge in [-0.3, -0.25) is 0 Å². The average Bonchev–Trinajstić information content (AvgIpc) is 2.60. The van der Waals surface area contributed by atoms with Crippen molar-refractivity contribution in [3.63, 3.8) is 0 Å². The highest BCUT2D eigenvalue weighted by Gasteiger charge is 3.23. The van der Waals surface area contributed by atoms with Crippen LogP contribution >= 0.6 is 0 Å². The standard InChI is InChI=1S/C13H4F14O3/c1-2-3(28)30-13(27)6(16)9(19,20)4(14)8(17,18)5(15,10(6,21)22)12(25,26)7(13,29)11(4,23)24/h2,29H,1H2. The lowest BCUT2D eigenvalue weighted by atomic mass is 9.40. The predicted octanol–water partition coefficient (Wildman–Crippen LogP) is 3.45. The fourth-order valence-corrected chi connectivity index (χ4v) is 4.17. The summed E-state index contributed by atoms with van der Waals surface area (Å²) in [6, 6.07) is 0. The number of aliphatic hydroxyl groups is 1. The number of hydrogen-bond donors (Lipinski definition) is 1. The highest BCUT2D eigenvalue weighted by molar-refractivity contribution is 5.82. The number of carbonyl (C=O) groups excluding carboxylic acids is 1. The van der Waals surface area contributed by atoms with Crippen LogP contribution in [0.15, 0.2) is 12.7 Å². The lowest BCUT2D eigenvalue weighted by Gasteiger charge is -2.74. The first kappa shape index (κ1) is 22.9. The molecule has 4 bridgehead atoms. The molecule has 1 N–H and O–H groups in total. The third kappa shape index (κ3) is 1.30. The van der Waals surface area contributed by atoms with Crippen molar-refractivity contribution in [1.29, 1.82) is 0 Å². The summed E-state index contributed by atoms with van der Waals surface area (Å²) in [6.45, 7) is 2.35. The van der Waals surface area contributed by atoms with Crippen LogP contribution in [0.1, 0.15) is 0 Å². The Bertz CT molecular complexity index is 777. The summed E-state index contributed by atoms with van der Waals surface area (Å²) < 4.78 is 204. The molecule has 0 aromatic rings. The minimum absolute atomic E-state index is 0.489. The molecule has 4 saturated carbocycles. The Kier molecular flexibility index (Phi) is 3.56. The van der Waals surface area contributed by atoms with Gasteiger partial charge in [-0.05, 0) is 0 Å². The Hall–Kier alpha value is -1.81. The Labute approximate surface area is 154 Å². The first-order chi connectivity index (χ1) is 13.0. The van der Waals surface area contributed by atoms with E-state index in [0.29, 0.717) is 0 Å². The van der Waals surface area contributed by atoms with E-state index in [1.54, 1.807) is 0 Å². The van der Waals surface area contributed by atoms with Gasteiger partial charge in [-0.2, -0.15) is 48.3 Å². The van der Waals surface area contributed by atoms with E-state index in [9.17, 15) is 67.0 Å². The van der Waals surface area contributed by atoms with E-state index in [2.05, 4.69) is 11.3 Å². The fourth-order valence-electron chi connectivity index (χ4n) is 4.17. The molecule has 0 radical (unpaired) electrons. The molecule has 0 saturated heterocycles. The van der Waals surface area contributed by atoms with Crippen molar-refractivity contribution in [2.24, 2.45) is 0 Å². The molecule has 172 valence electrons. The Morgan fingerprint density at radius 1 is 0.633 bits per heavy atom. The van der Waals surface area contributed by atoms with E-state index in [4.69, 9.17) is 0 Å². The highest BCUT2D eigenvalue weighted by atomic mass is 19.3. The summed E-state index contributed by atoms with van der Waals surface area (Å²) in [5.41, 5.74) is -30.1. The van der Waals surface area contributed by atoms with E-state index in [-0.39, 0.29) is 0 Å². The van der Waals surface area contributed by atoms with Crippen molar-refractivity contribution in [2.45, 2.75) is 58.1 Å². The Morgan fingerprint density at radius 2 is 0.933 bits per heavy atom. The highest BCUT2D eigenvalue weighted by Crippen LogP contribution is 2.87. The van der Waals surface area contributed by atoms with Crippen LogP contribution in [0.5, 0.6) is 0 Å². The van der Waals surface area contributed by atoms with Gasteiger partial charge in [0.25, 0.3) is 5.60 Å². The normalized spacial score (nSPS) is 50.8. The summed E-state index contributed by atoms with van der Waals surface area (Å²) in [4.78, 5) is 11.1. The van der Waals surface area contributed by atoms with Gasteiger partial charge in [0.15, 0.2) is 0 Å². The summed E-state index contributed by atoms with van der Waals surface area (Å²) >= 11 is 0. The molecular weight excluding hydrogens is 470 g/mol. The molecular formula is C13H4F14O3. The van der Waals surface area contributed by atoms with Crippen molar-refractivity contribution in [2.75, 3.05) is 0 Å². The predicted molar refractivity (Wildman–Crippen MR) is 61.3 cm³/mol. The fraction of sp³-hybridized carbons (Fsp3) is 0.769. The number of esters is 1. The molecule has 0 heterocycles. The van der Waals surface area contributed by atoms with E-state index >= 15 is 4.39 Å². The Balaban J connectivity index is 2.68. The second-order valence-electron chi connectivity index (χ2n) is 6.78. The first-order valence-corrected chi connectivity index (χ1v) is 7.18. The van der Waals surface area contributed by atoms with Gasteiger partial charge in [0, 0.05) is 6.08 Å². The minimum Gasteiger partial charge on any atom is -0.417 e. The van der Waals surface area contributed by atoms with Gasteiger partial charge < -0.3 is 9.84 Å². The molecule has 3 unspecified atom stereocenters. The van der Waals surface area contributed by atoms with E-state index in [0.717, 1.165) is 0 Å². The zero-order valence-electron chi connectivity index (χ0n) is 13.3. The van der Waals surface area contributed by atoms with Gasteiger partial charge in [0.05, 0.1) is 0 Å². The van der Waals surface area contributed by atoms with Crippen LogP contribution in [0.4, 0.5) is 61.5 Å². The third-order valence-corrected chi connectivity index (χ3v) is 5.69. The van der Waals surface area contributed by atoms with Crippen molar-refractivity contribution in [3.8, 4) is 0 Å². The molecule has 3 atom stereocenters. The number of halogens is 14. The van der Waals surface area contributed by atoms with Crippen molar-refractivity contribution >= 4 is 5.97 Å². The van der Waals surface area contributed by atoms with Gasteiger partial charge in [-0.1, -0.05) is 6.58 Å². The smallest absolute Gasteiger partial charge is 0.340 e. The van der Waals surface area contributed by atoms with Crippen LogP contribution in [0, 0.1) is 0 Å². The second-order valence-corrected chi connectivity index (χ2v) is 6.78. The molecule has 4 aliphatic rings. The number of rotatable bonds is 2. The molecule has 0 aromatic carbocycles. The van der Waals surface area contributed by atoms with E-state index < -0.39 is 70.1 Å². The molecule has 0 amide bonds. The monoisotopic (exact) mass is 474 g/mol. The SMILES string of the molecule is C=CC(=O)OC1(F)C2(O)C(F)(F)C3(F)C(F)(F)C(F)(C2(F)F)C(F)(F)C1(F)C3(F)F. The lowest BCUT2D eigenvalue weighted by Crippen LogP contribution is -3.10. The van der Waals surface area contributed by atoms with Crippen molar-refractivity contribution < 1.29 is 76.1 Å². The molecule has 30 heavy (non-hydrogen) atoms. The summed E-state index contributed by atoms with van der Waals surface area (Å²) in [7, 11) is 0. The molecule has 17 heteroatoms. The number of ether oxygens (including phenoxy) is 1. The van der Waals surface area contributed by atoms with Gasteiger partial charge in [-0.25, -0.2) is 18.0 Å². The van der Waals surface area contributed by atoms with E-state index in [1.807, 2.05) is 0 Å². The van der Waals surface area contributed by atoms with Crippen LogP contribution in [-0.2, 0) is 9.53 Å². The van der Waals surface area contributed by atoms with Crippen LogP contribution < -0.4 is 0 Å². The van der Waals surface area contributed by atoms with Crippen LogP contribution in [0.3, 0.4) is 0 Å². The van der Waals surface area contributed by atoms with Gasteiger partial charge >= 0.3 is 58.4 Å². The number of alkyl halides is 14. The van der Waals surface area contributed by atoms with Gasteiger partial charge in [0.2, 0.25) is 0 Å².